The highest BCUT2D eigenvalue weighted by Gasteiger charge is 2.33. The van der Waals surface area contributed by atoms with E-state index in [-0.39, 0.29) is 28.8 Å². The van der Waals surface area contributed by atoms with Crippen LogP contribution in [0.15, 0.2) is 70.5 Å². The lowest BCUT2D eigenvalue weighted by atomic mass is 10.0. The molecule has 1 fully saturated rings. The highest BCUT2D eigenvalue weighted by atomic mass is 32.2. The molecule has 6 nitrogen and oxygen atoms in total. The number of benzene rings is 2. The molecule has 0 radical (unpaired) electrons. The Morgan fingerprint density at radius 2 is 1.74 bits per heavy atom. The third-order valence-electron chi connectivity index (χ3n) is 6.66. The molecule has 8 heteroatoms. The van der Waals surface area contributed by atoms with Crippen molar-refractivity contribution in [2.24, 2.45) is 0 Å². The first kappa shape index (κ1) is 26.8. The van der Waals surface area contributed by atoms with Crippen LogP contribution in [0.1, 0.15) is 53.1 Å². The molecular weight excluding hydrogens is 526 g/mol. The molecule has 2 aromatic heterocycles. The summed E-state index contributed by atoms with van der Waals surface area (Å²) in [5.41, 5.74) is 5.37. The minimum absolute atomic E-state index is 0.158. The van der Waals surface area contributed by atoms with Crippen LogP contribution in [0.5, 0.6) is 11.6 Å². The second kappa shape index (κ2) is 10.8. The number of carbonyl (C=O) groups is 1. The fourth-order valence-electron chi connectivity index (χ4n) is 4.45. The minimum atomic E-state index is -0.318. The number of thiocarbonyl (C=S) groups is 1. The lowest BCUT2D eigenvalue weighted by Gasteiger charge is -2.16. The molecule has 0 bridgehead atoms. The lowest BCUT2D eigenvalue weighted by Crippen LogP contribution is -2.27. The van der Waals surface area contributed by atoms with Gasteiger partial charge in [-0.05, 0) is 67.2 Å². The SMILES string of the molecule is Cc1ccc(CN2C(=O)/C(=C\c3c(Oc4cc(C)ccc4C(C)C)nc4c(C)cccn4c3=O)SC2=S)cc1. The van der Waals surface area contributed by atoms with Crippen molar-refractivity contribution in [2.45, 2.75) is 47.1 Å². The summed E-state index contributed by atoms with van der Waals surface area (Å²) in [6, 6.07) is 17.7. The van der Waals surface area contributed by atoms with Crippen molar-refractivity contribution in [2.75, 3.05) is 0 Å². The van der Waals surface area contributed by atoms with Gasteiger partial charge in [0.15, 0.2) is 0 Å². The minimum Gasteiger partial charge on any atom is -0.438 e. The average Bonchev–Trinajstić information content (AvgIpc) is 3.15. The smallest absolute Gasteiger partial charge is 0.269 e. The van der Waals surface area contributed by atoms with E-state index in [1.54, 1.807) is 23.2 Å². The second-order valence-corrected chi connectivity index (χ2v) is 11.7. The summed E-state index contributed by atoms with van der Waals surface area (Å²) in [6.07, 6.45) is 3.24. The van der Waals surface area contributed by atoms with Gasteiger partial charge in [-0.3, -0.25) is 18.9 Å². The number of nitrogens with zero attached hydrogens (tertiary/aromatic N) is 3. The summed E-state index contributed by atoms with van der Waals surface area (Å²) in [5.74, 6) is 0.746. The van der Waals surface area contributed by atoms with Crippen LogP contribution < -0.4 is 10.3 Å². The second-order valence-electron chi connectivity index (χ2n) is 10.1. The molecule has 3 heterocycles. The molecule has 4 aromatic rings. The number of carbonyl (C=O) groups excluding carboxylic acids is 1. The van der Waals surface area contributed by atoms with Crippen molar-refractivity contribution in [1.29, 1.82) is 0 Å². The summed E-state index contributed by atoms with van der Waals surface area (Å²) >= 11 is 6.74. The number of aryl methyl sites for hydroxylation is 3. The van der Waals surface area contributed by atoms with Crippen LogP contribution in [-0.2, 0) is 11.3 Å². The molecule has 5 rings (SSSR count). The number of amides is 1. The number of rotatable bonds is 6. The van der Waals surface area contributed by atoms with Crippen molar-refractivity contribution < 1.29 is 9.53 Å². The van der Waals surface area contributed by atoms with Crippen LogP contribution in [0.3, 0.4) is 0 Å². The van der Waals surface area contributed by atoms with E-state index in [9.17, 15) is 9.59 Å². The zero-order valence-corrected chi connectivity index (χ0v) is 24.2. The quantitative estimate of drug-likeness (QED) is 0.190. The number of pyridine rings is 1. The highest BCUT2D eigenvalue weighted by Crippen LogP contribution is 2.36. The Morgan fingerprint density at radius 1 is 1.03 bits per heavy atom. The van der Waals surface area contributed by atoms with E-state index in [0.29, 0.717) is 27.2 Å². The van der Waals surface area contributed by atoms with E-state index in [1.807, 2.05) is 69.3 Å². The predicted octanol–water partition coefficient (Wildman–Crippen LogP) is 6.94. The maximum absolute atomic E-state index is 13.8. The standard InChI is InChI=1S/C31H29N3O3S2/c1-18(2)23-13-10-20(4)15-25(23)37-28-24(29(35)33-14-6-7-21(5)27(33)32-28)16-26-30(36)34(31(38)39-26)17-22-11-8-19(3)9-12-22/h6-16,18H,17H2,1-5H3/b26-16+. The van der Waals surface area contributed by atoms with Gasteiger partial charge in [0.1, 0.15) is 21.3 Å². The number of ether oxygens (including phenoxy) is 1. The van der Waals surface area contributed by atoms with Gasteiger partial charge < -0.3 is 4.74 Å². The topological polar surface area (TPSA) is 63.9 Å². The Hall–Kier alpha value is -3.75. The Balaban J connectivity index is 1.61. The van der Waals surface area contributed by atoms with E-state index in [4.69, 9.17) is 21.9 Å². The van der Waals surface area contributed by atoms with E-state index < -0.39 is 0 Å². The molecule has 0 N–H and O–H groups in total. The molecule has 198 valence electrons. The van der Waals surface area contributed by atoms with Crippen molar-refractivity contribution in [3.63, 3.8) is 0 Å². The number of hydrogen-bond acceptors (Lipinski definition) is 6. The Kier molecular flexibility index (Phi) is 7.42. The fourth-order valence-corrected chi connectivity index (χ4v) is 5.68. The largest absolute Gasteiger partial charge is 0.438 e. The van der Waals surface area contributed by atoms with Crippen LogP contribution in [0.2, 0.25) is 0 Å². The van der Waals surface area contributed by atoms with Crippen molar-refractivity contribution in [3.8, 4) is 11.6 Å². The molecule has 0 unspecified atom stereocenters. The maximum Gasteiger partial charge on any atom is 0.269 e. The van der Waals surface area contributed by atoms with E-state index >= 15 is 0 Å². The normalized spacial score (nSPS) is 14.7. The molecule has 1 aliphatic rings. The van der Waals surface area contributed by atoms with Crippen LogP contribution in [0.25, 0.3) is 11.7 Å². The van der Waals surface area contributed by atoms with Crippen LogP contribution in [0, 0.1) is 20.8 Å². The van der Waals surface area contributed by atoms with Gasteiger partial charge in [-0.15, -0.1) is 0 Å². The van der Waals surface area contributed by atoms with Crippen molar-refractivity contribution >= 4 is 45.9 Å². The number of fused-ring (bicyclic) bond motifs is 1. The summed E-state index contributed by atoms with van der Waals surface area (Å²) in [6.45, 7) is 10.4. The van der Waals surface area contributed by atoms with Gasteiger partial charge in [-0.2, -0.15) is 4.98 Å². The summed E-state index contributed by atoms with van der Waals surface area (Å²) < 4.78 is 8.33. The van der Waals surface area contributed by atoms with Crippen LogP contribution in [-0.4, -0.2) is 24.5 Å². The molecule has 1 aliphatic heterocycles. The first-order valence-corrected chi connectivity index (χ1v) is 14.0. The molecule has 0 saturated carbocycles. The van der Waals surface area contributed by atoms with Gasteiger partial charge in [0.25, 0.3) is 11.5 Å². The Labute approximate surface area is 237 Å². The van der Waals surface area contributed by atoms with E-state index in [2.05, 4.69) is 13.8 Å². The first-order chi connectivity index (χ1) is 18.6. The predicted molar refractivity (Wildman–Crippen MR) is 161 cm³/mol. The van der Waals surface area contributed by atoms with Crippen LogP contribution in [0.4, 0.5) is 0 Å². The molecule has 0 aliphatic carbocycles. The number of aromatic nitrogens is 2. The van der Waals surface area contributed by atoms with Crippen LogP contribution >= 0.6 is 24.0 Å². The molecule has 2 aromatic carbocycles. The van der Waals surface area contributed by atoms with Crippen molar-refractivity contribution in [3.05, 3.63) is 109 Å². The van der Waals surface area contributed by atoms with Gasteiger partial charge in [-0.1, -0.05) is 85.9 Å². The monoisotopic (exact) mass is 555 g/mol. The fraction of sp³-hybridized carbons (Fsp3) is 0.226. The summed E-state index contributed by atoms with van der Waals surface area (Å²) in [4.78, 5) is 33.9. The third kappa shape index (κ3) is 5.40. The van der Waals surface area contributed by atoms with E-state index in [1.165, 1.54) is 16.2 Å². The lowest BCUT2D eigenvalue weighted by molar-refractivity contribution is -0.122. The van der Waals surface area contributed by atoms with Gasteiger partial charge in [0, 0.05) is 6.20 Å². The molecule has 1 saturated heterocycles. The average molecular weight is 556 g/mol. The molecule has 0 spiro atoms. The molecular formula is C31H29N3O3S2. The molecule has 39 heavy (non-hydrogen) atoms. The maximum atomic E-state index is 13.8. The van der Waals surface area contributed by atoms with E-state index in [0.717, 1.165) is 27.8 Å². The van der Waals surface area contributed by atoms with Gasteiger partial charge in [-0.25, -0.2) is 0 Å². The zero-order valence-electron chi connectivity index (χ0n) is 22.5. The first-order valence-electron chi connectivity index (χ1n) is 12.7. The van der Waals surface area contributed by atoms with Gasteiger partial charge in [0.2, 0.25) is 5.88 Å². The highest BCUT2D eigenvalue weighted by molar-refractivity contribution is 8.26. The number of thioether (sulfide) groups is 1. The Morgan fingerprint density at radius 3 is 2.46 bits per heavy atom. The third-order valence-corrected chi connectivity index (χ3v) is 8.04. The number of hydrogen-bond donors (Lipinski definition) is 0. The van der Waals surface area contributed by atoms with Gasteiger partial charge in [0.05, 0.1) is 11.4 Å². The van der Waals surface area contributed by atoms with Crippen molar-refractivity contribution in [1.82, 2.24) is 14.3 Å². The molecule has 0 atom stereocenters. The van der Waals surface area contributed by atoms with Gasteiger partial charge >= 0.3 is 0 Å². The summed E-state index contributed by atoms with van der Waals surface area (Å²) in [7, 11) is 0. The zero-order chi connectivity index (χ0) is 27.8. The molecule has 1 amide bonds. The summed E-state index contributed by atoms with van der Waals surface area (Å²) in [5, 5.41) is 0. The Bertz CT molecular complexity index is 1710.